The minimum atomic E-state index is 0.118. The van der Waals surface area contributed by atoms with E-state index in [0.717, 1.165) is 57.0 Å². The number of carbonyl (C=O) groups is 1. The van der Waals surface area contributed by atoms with Crippen molar-refractivity contribution in [3.63, 3.8) is 0 Å². The molecule has 2 aromatic heterocycles. The van der Waals surface area contributed by atoms with E-state index in [2.05, 4.69) is 22.0 Å². The van der Waals surface area contributed by atoms with Gasteiger partial charge in [-0.15, -0.1) is 0 Å². The Morgan fingerprint density at radius 1 is 1.19 bits per heavy atom. The van der Waals surface area contributed by atoms with E-state index in [4.69, 9.17) is 4.42 Å². The number of rotatable bonds is 3. The molecule has 2 fully saturated rings. The van der Waals surface area contributed by atoms with Crippen molar-refractivity contribution < 1.29 is 9.21 Å². The van der Waals surface area contributed by atoms with E-state index >= 15 is 0 Å². The SMILES string of the molecule is Cc1occc1C(=O)N1CCC2(CCCN(Cc3ccccn3)C2)CC1. The number of hydrogen-bond acceptors (Lipinski definition) is 4. The van der Waals surface area contributed by atoms with Crippen molar-refractivity contribution >= 4 is 5.91 Å². The molecule has 5 nitrogen and oxygen atoms in total. The fourth-order valence-corrected chi connectivity index (χ4v) is 4.54. The van der Waals surface area contributed by atoms with Crippen molar-refractivity contribution in [3.8, 4) is 0 Å². The standard InChI is InChI=1S/C21H27N3O2/c1-17-19(6-14-26-17)20(25)24-12-8-21(9-13-24)7-4-11-23(16-21)15-18-5-2-3-10-22-18/h2-3,5-6,10,14H,4,7-9,11-13,15-16H2,1H3. The second kappa shape index (κ2) is 7.23. The lowest BCUT2D eigenvalue weighted by Gasteiger charge is -2.47. The lowest BCUT2D eigenvalue weighted by atomic mass is 9.72. The fourth-order valence-electron chi connectivity index (χ4n) is 4.54. The second-order valence-electron chi connectivity index (χ2n) is 7.82. The smallest absolute Gasteiger partial charge is 0.257 e. The summed E-state index contributed by atoms with van der Waals surface area (Å²) in [6.07, 6.45) is 8.17. The Hall–Kier alpha value is -2.14. The summed E-state index contributed by atoms with van der Waals surface area (Å²) in [5.74, 6) is 0.835. The number of piperidine rings is 2. The number of amides is 1. The predicted molar refractivity (Wildman–Crippen MR) is 99.8 cm³/mol. The summed E-state index contributed by atoms with van der Waals surface area (Å²) in [6, 6.07) is 7.92. The zero-order valence-corrected chi connectivity index (χ0v) is 15.5. The van der Waals surface area contributed by atoms with Gasteiger partial charge in [0.1, 0.15) is 5.76 Å². The Morgan fingerprint density at radius 3 is 2.73 bits per heavy atom. The third kappa shape index (κ3) is 3.54. The van der Waals surface area contributed by atoms with Gasteiger partial charge in [0, 0.05) is 32.4 Å². The molecule has 0 saturated carbocycles. The third-order valence-electron chi connectivity index (χ3n) is 6.05. The second-order valence-corrected chi connectivity index (χ2v) is 7.82. The molecule has 0 radical (unpaired) electrons. The van der Waals surface area contributed by atoms with Gasteiger partial charge in [-0.25, -0.2) is 0 Å². The number of aryl methyl sites for hydroxylation is 1. The van der Waals surface area contributed by atoms with Crippen molar-refractivity contribution in [1.82, 2.24) is 14.8 Å². The van der Waals surface area contributed by atoms with E-state index < -0.39 is 0 Å². The quantitative estimate of drug-likeness (QED) is 0.847. The molecule has 5 heteroatoms. The number of nitrogens with zero attached hydrogens (tertiary/aromatic N) is 3. The molecule has 0 atom stereocenters. The summed E-state index contributed by atoms with van der Waals surface area (Å²) >= 11 is 0. The first-order chi connectivity index (χ1) is 12.7. The summed E-state index contributed by atoms with van der Waals surface area (Å²) in [7, 11) is 0. The average molecular weight is 353 g/mol. The molecule has 2 saturated heterocycles. The number of aromatic nitrogens is 1. The molecular weight excluding hydrogens is 326 g/mol. The molecule has 0 aromatic carbocycles. The Kier molecular flexibility index (Phi) is 4.81. The number of carbonyl (C=O) groups excluding carboxylic acids is 1. The van der Waals surface area contributed by atoms with Crippen LogP contribution in [0.3, 0.4) is 0 Å². The van der Waals surface area contributed by atoms with Crippen LogP contribution in [0, 0.1) is 12.3 Å². The van der Waals surface area contributed by atoms with Crippen LogP contribution in [0.25, 0.3) is 0 Å². The Bertz CT molecular complexity index is 748. The van der Waals surface area contributed by atoms with Crippen LogP contribution in [0.5, 0.6) is 0 Å². The van der Waals surface area contributed by atoms with Gasteiger partial charge >= 0.3 is 0 Å². The van der Waals surface area contributed by atoms with E-state index in [1.807, 2.05) is 24.1 Å². The lowest BCUT2D eigenvalue weighted by molar-refractivity contribution is 0.0193. The molecule has 0 aliphatic carbocycles. The van der Waals surface area contributed by atoms with E-state index in [1.54, 1.807) is 12.3 Å². The van der Waals surface area contributed by atoms with Crippen molar-refractivity contribution in [1.29, 1.82) is 0 Å². The van der Waals surface area contributed by atoms with E-state index in [9.17, 15) is 4.79 Å². The lowest BCUT2D eigenvalue weighted by Crippen LogP contribution is -2.50. The molecule has 4 heterocycles. The normalized spacial score (nSPS) is 20.4. The van der Waals surface area contributed by atoms with Gasteiger partial charge < -0.3 is 9.32 Å². The van der Waals surface area contributed by atoms with Crippen molar-refractivity contribution in [2.45, 2.75) is 39.2 Å². The molecule has 2 aliphatic heterocycles. The molecule has 1 spiro atoms. The van der Waals surface area contributed by atoms with Crippen molar-refractivity contribution in [3.05, 3.63) is 53.7 Å². The molecule has 138 valence electrons. The van der Waals surface area contributed by atoms with Crippen LogP contribution in [0.4, 0.5) is 0 Å². The van der Waals surface area contributed by atoms with Gasteiger partial charge in [0.05, 0.1) is 17.5 Å². The molecule has 2 aliphatic rings. The Balaban J connectivity index is 1.37. The van der Waals surface area contributed by atoms with Gasteiger partial charge in [0.2, 0.25) is 0 Å². The van der Waals surface area contributed by atoms with E-state index in [0.29, 0.717) is 11.0 Å². The first kappa shape index (κ1) is 17.3. The van der Waals surface area contributed by atoms with Gasteiger partial charge in [0.25, 0.3) is 5.91 Å². The fraction of sp³-hybridized carbons (Fsp3) is 0.524. The van der Waals surface area contributed by atoms with E-state index in [1.165, 1.54) is 12.8 Å². The van der Waals surface area contributed by atoms with Crippen molar-refractivity contribution in [2.75, 3.05) is 26.2 Å². The van der Waals surface area contributed by atoms with Crippen LogP contribution in [0.15, 0.2) is 41.1 Å². The highest BCUT2D eigenvalue weighted by Crippen LogP contribution is 2.40. The van der Waals surface area contributed by atoms with Crippen molar-refractivity contribution in [2.24, 2.45) is 5.41 Å². The molecule has 0 unspecified atom stereocenters. The summed E-state index contributed by atoms with van der Waals surface area (Å²) in [5, 5.41) is 0. The maximum absolute atomic E-state index is 12.7. The van der Waals surface area contributed by atoms with Crippen LogP contribution in [-0.4, -0.2) is 46.9 Å². The number of likely N-dealkylation sites (tertiary alicyclic amines) is 2. The van der Waals surface area contributed by atoms with Crippen LogP contribution in [-0.2, 0) is 6.54 Å². The highest BCUT2D eigenvalue weighted by Gasteiger charge is 2.39. The molecule has 2 aromatic rings. The number of hydrogen-bond donors (Lipinski definition) is 0. The summed E-state index contributed by atoms with van der Waals surface area (Å²) < 4.78 is 5.30. The van der Waals surface area contributed by atoms with Gasteiger partial charge in [0.15, 0.2) is 0 Å². The molecule has 4 rings (SSSR count). The summed E-state index contributed by atoms with van der Waals surface area (Å²) in [6.45, 7) is 6.75. The summed E-state index contributed by atoms with van der Waals surface area (Å²) in [5.41, 5.74) is 2.21. The largest absolute Gasteiger partial charge is 0.469 e. The molecular formula is C21H27N3O2. The monoisotopic (exact) mass is 353 g/mol. The zero-order chi connectivity index (χ0) is 18.0. The van der Waals surface area contributed by atoms with E-state index in [-0.39, 0.29) is 5.91 Å². The molecule has 1 amide bonds. The zero-order valence-electron chi connectivity index (χ0n) is 15.5. The predicted octanol–water partition coefficient (Wildman–Crippen LogP) is 3.50. The van der Waals surface area contributed by atoms with Gasteiger partial charge in [-0.3, -0.25) is 14.7 Å². The number of furan rings is 1. The Labute approximate surface area is 155 Å². The maximum atomic E-state index is 12.7. The first-order valence-electron chi connectivity index (χ1n) is 9.61. The first-order valence-corrected chi connectivity index (χ1v) is 9.61. The van der Waals surface area contributed by atoms with Gasteiger partial charge in [-0.1, -0.05) is 6.07 Å². The molecule has 0 N–H and O–H groups in total. The number of pyridine rings is 1. The highest BCUT2D eigenvalue weighted by atomic mass is 16.3. The summed E-state index contributed by atoms with van der Waals surface area (Å²) in [4.78, 5) is 21.7. The average Bonchev–Trinajstić information content (AvgIpc) is 3.09. The van der Waals surface area contributed by atoms with Crippen LogP contribution in [0.1, 0.15) is 47.5 Å². The molecule has 26 heavy (non-hydrogen) atoms. The third-order valence-corrected chi connectivity index (χ3v) is 6.05. The van der Waals surface area contributed by atoms with Crippen LogP contribution < -0.4 is 0 Å². The topological polar surface area (TPSA) is 49.6 Å². The minimum Gasteiger partial charge on any atom is -0.469 e. The van der Waals surface area contributed by atoms with Gasteiger partial charge in [-0.05, 0) is 62.8 Å². The van der Waals surface area contributed by atoms with Gasteiger partial charge in [-0.2, -0.15) is 0 Å². The molecule has 0 bridgehead atoms. The van der Waals surface area contributed by atoms with Crippen LogP contribution in [0.2, 0.25) is 0 Å². The maximum Gasteiger partial charge on any atom is 0.257 e. The van der Waals surface area contributed by atoms with Crippen LogP contribution >= 0.6 is 0 Å². The Morgan fingerprint density at radius 2 is 2.04 bits per heavy atom. The minimum absolute atomic E-state index is 0.118. The highest BCUT2D eigenvalue weighted by molar-refractivity contribution is 5.95.